The van der Waals surface area contributed by atoms with Gasteiger partial charge in [-0.1, -0.05) is 31.2 Å². The van der Waals surface area contributed by atoms with Crippen LogP contribution in [-0.2, 0) is 5.60 Å². The van der Waals surface area contributed by atoms with Crippen LogP contribution in [0, 0.1) is 18.3 Å². The molecule has 0 amide bonds. The van der Waals surface area contributed by atoms with Crippen molar-refractivity contribution in [3.05, 3.63) is 35.4 Å². The molecule has 1 aromatic rings. The van der Waals surface area contributed by atoms with E-state index >= 15 is 0 Å². The zero-order valence-corrected chi connectivity index (χ0v) is 10.7. The molecule has 0 spiro atoms. The fraction of sp³-hybridized carbons (Fsp3) is 0.600. The van der Waals surface area contributed by atoms with Gasteiger partial charge in [0.25, 0.3) is 0 Å². The maximum atomic E-state index is 11.0. The van der Waals surface area contributed by atoms with E-state index < -0.39 is 5.60 Å². The molecule has 1 saturated heterocycles. The third kappa shape index (κ3) is 1.62. The van der Waals surface area contributed by atoms with Crippen molar-refractivity contribution in [2.45, 2.75) is 32.3 Å². The number of aryl methyl sites for hydroxylation is 1. The van der Waals surface area contributed by atoms with Crippen LogP contribution in [0.2, 0.25) is 0 Å². The first kappa shape index (κ1) is 11.2. The molecule has 2 fully saturated rings. The minimum atomic E-state index is -0.604. The van der Waals surface area contributed by atoms with Crippen molar-refractivity contribution in [2.24, 2.45) is 11.3 Å². The predicted octanol–water partition coefficient (Wildman–Crippen LogP) is 2.20. The van der Waals surface area contributed by atoms with Crippen LogP contribution in [0.5, 0.6) is 0 Å². The van der Waals surface area contributed by atoms with E-state index in [1.807, 2.05) is 12.1 Å². The molecule has 1 saturated carbocycles. The van der Waals surface area contributed by atoms with E-state index in [1.165, 1.54) is 5.56 Å². The van der Waals surface area contributed by atoms with Gasteiger partial charge in [-0.25, -0.2) is 0 Å². The van der Waals surface area contributed by atoms with Gasteiger partial charge in [-0.15, -0.1) is 0 Å². The van der Waals surface area contributed by atoms with E-state index in [-0.39, 0.29) is 5.41 Å². The molecular formula is C15H21NO. The van der Waals surface area contributed by atoms with Gasteiger partial charge in [0.2, 0.25) is 0 Å². The highest BCUT2D eigenvalue weighted by Gasteiger charge is 2.54. The third-order valence-electron chi connectivity index (χ3n) is 4.83. The number of rotatable bonds is 1. The fourth-order valence-corrected chi connectivity index (χ4v) is 3.90. The molecule has 1 heterocycles. The Balaban J connectivity index is 1.97. The van der Waals surface area contributed by atoms with Crippen LogP contribution < -0.4 is 5.32 Å². The van der Waals surface area contributed by atoms with Gasteiger partial charge in [-0.2, -0.15) is 0 Å². The van der Waals surface area contributed by atoms with Crippen molar-refractivity contribution in [2.75, 3.05) is 13.1 Å². The minimum Gasteiger partial charge on any atom is -0.385 e. The van der Waals surface area contributed by atoms with Crippen molar-refractivity contribution in [1.29, 1.82) is 0 Å². The van der Waals surface area contributed by atoms with Crippen LogP contribution >= 0.6 is 0 Å². The maximum Gasteiger partial charge on any atom is 0.0908 e. The molecule has 2 heteroatoms. The van der Waals surface area contributed by atoms with E-state index in [4.69, 9.17) is 0 Å². The Kier molecular flexibility index (Phi) is 2.36. The van der Waals surface area contributed by atoms with Gasteiger partial charge in [-0.05, 0) is 48.8 Å². The smallest absolute Gasteiger partial charge is 0.0908 e. The quantitative estimate of drug-likeness (QED) is 0.776. The Morgan fingerprint density at radius 1 is 1.35 bits per heavy atom. The summed E-state index contributed by atoms with van der Waals surface area (Å²) in [6, 6.07) is 8.27. The van der Waals surface area contributed by atoms with E-state index in [0.29, 0.717) is 5.92 Å². The Labute approximate surface area is 103 Å². The van der Waals surface area contributed by atoms with Crippen LogP contribution in [0.15, 0.2) is 24.3 Å². The van der Waals surface area contributed by atoms with Gasteiger partial charge >= 0.3 is 0 Å². The van der Waals surface area contributed by atoms with Crippen molar-refractivity contribution in [3.8, 4) is 0 Å². The van der Waals surface area contributed by atoms with Gasteiger partial charge in [0.1, 0.15) is 0 Å². The number of fused-ring (bicyclic) bond motifs is 1. The van der Waals surface area contributed by atoms with Crippen molar-refractivity contribution in [1.82, 2.24) is 5.32 Å². The summed E-state index contributed by atoms with van der Waals surface area (Å²) in [6.07, 6.45) is 1.80. The SMILES string of the molecule is Cc1ccccc1C1(O)CC2CNCC2(C)C1. The minimum absolute atomic E-state index is 0.275. The molecule has 0 aromatic heterocycles. The molecule has 3 rings (SSSR count). The van der Waals surface area contributed by atoms with Crippen LogP contribution in [0.3, 0.4) is 0 Å². The molecular weight excluding hydrogens is 210 g/mol. The Morgan fingerprint density at radius 2 is 2.12 bits per heavy atom. The number of benzene rings is 1. The van der Waals surface area contributed by atoms with Crippen LogP contribution in [0.1, 0.15) is 30.9 Å². The van der Waals surface area contributed by atoms with E-state index in [0.717, 1.165) is 31.5 Å². The fourth-order valence-electron chi connectivity index (χ4n) is 3.90. The average molecular weight is 231 g/mol. The first-order chi connectivity index (χ1) is 8.04. The monoisotopic (exact) mass is 231 g/mol. The lowest BCUT2D eigenvalue weighted by molar-refractivity contribution is 0.0296. The molecule has 17 heavy (non-hydrogen) atoms. The van der Waals surface area contributed by atoms with E-state index in [9.17, 15) is 5.11 Å². The molecule has 1 aromatic carbocycles. The van der Waals surface area contributed by atoms with Gasteiger partial charge in [0, 0.05) is 6.54 Å². The largest absolute Gasteiger partial charge is 0.385 e. The standard InChI is InChI=1S/C15H21NO/c1-11-5-3-4-6-13(11)15(17)7-12-8-16-10-14(12,2)9-15/h3-6,12,16-17H,7-10H2,1-2H3. The van der Waals surface area contributed by atoms with Crippen LogP contribution in [-0.4, -0.2) is 18.2 Å². The summed E-state index contributed by atoms with van der Waals surface area (Å²) in [5, 5.41) is 14.4. The van der Waals surface area contributed by atoms with Crippen molar-refractivity contribution < 1.29 is 5.11 Å². The highest BCUT2D eigenvalue weighted by atomic mass is 16.3. The molecule has 1 aliphatic heterocycles. The molecule has 3 atom stereocenters. The summed E-state index contributed by atoms with van der Waals surface area (Å²) >= 11 is 0. The first-order valence-electron chi connectivity index (χ1n) is 6.53. The van der Waals surface area contributed by atoms with Gasteiger partial charge in [-0.3, -0.25) is 0 Å². The van der Waals surface area contributed by atoms with Crippen LogP contribution in [0.4, 0.5) is 0 Å². The summed E-state index contributed by atoms with van der Waals surface area (Å²) in [7, 11) is 0. The zero-order chi connectivity index (χ0) is 12.1. The average Bonchev–Trinajstić information content (AvgIpc) is 2.70. The number of hydrogen-bond acceptors (Lipinski definition) is 2. The third-order valence-corrected chi connectivity index (χ3v) is 4.83. The number of aliphatic hydroxyl groups is 1. The Bertz CT molecular complexity index is 444. The van der Waals surface area contributed by atoms with Gasteiger partial charge in [0.15, 0.2) is 0 Å². The highest BCUT2D eigenvalue weighted by Crippen LogP contribution is 2.54. The number of nitrogens with one attached hydrogen (secondary N) is 1. The zero-order valence-electron chi connectivity index (χ0n) is 10.7. The molecule has 2 aliphatic rings. The van der Waals surface area contributed by atoms with Crippen molar-refractivity contribution in [3.63, 3.8) is 0 Å². The van der Waals surface area contributed by atoms with Gasteiger partial charge in [0.05, 0.1) is 5.60 Å². The molecule has 2 N–H and O–H groups in total. The lowest BCUT2D eigenvalue weighted by Crippen LogP contribution is -2.28. The van der Waals surface area contributed by atoms with E-state index in [2.05, 4.69) is 31.3 Å². The molecule has 0 radical (unpaired) electrons. The normalized spacial score (nSPS) is 40.5. The van der Waals surface area contributed by atoms with E-state index in [1.54, 1.807) is 0 Å². The van der Waals surface area contributed by atoms with Gasteiger partial charge < -0.3 is 10.4 Å². The summed E-state index contributed by atoms with van der Waals surface area (Å²) in [5.74, 6) is 0.618. The second-order valence-electron chi connectivity index (χ2n) is 6.21. The second kappa shape index (κ2) is 3.56. The molecule has 3 unspecified atom stereocenters. The summed E-state index contributed by atoms with van der Waals surface area (Å²) in [5.41, 5.74) is 2.02. The highest BCUT2D eigenvalue weighted by molar-refractivity contribution is 5.33. The molecule has 1 aliphatic carbocycles. The molecule has 2 nitrogen and oxygen atoms in total. The Morgan fingerprint density at radius 3 is 2.82 bits per heavy atom. The second-order valence-corrected chi connectivity index (χ2v) is 6.21. The summed E-state index contributed by atoms with van der Waals surface area (Å²) < 4.78 is 0. The Hall–Kier alpha value is -0.860. The number of hydrogen-bond donors (Lipinski definition) is 2. The maximum absolute atomic E-state index is 11.0. The lowest BCUT2D eigenvalue weighted by atomic mass is 9.81. The summed E-state index contributed by atoms with van der Waals surface area (Å²) in [6.45, 7) is 6.52. The molecule has 0 bridgehead atoms. The predicted molar refractivity (Wildman–Crippen MR) is 68.8 cm³/mol. The lowest BCUT2D eigenvalue weighted by Gasteiger charge is -2.28. The molecule has 92 valence electrons. The topological polar surface area (TPSA) is 32.3 Å². The first-order valence-corrected chi connectivity index (χ1v) is 6.53. The van der Waals surface area contributed by atoms with Crippen LogP contribution in [0.25, 0.3) is 0 Å². The summed E-state index contributed by atoms with van der Waals surface area (Å²) in [4.78, 5) is 0. The van der Waals surface area contributed by atoms with Crippen molar-refractivity contribution >= 4 is 0 Å².